The van der Waals surface area contributed by atoms with E-state index in [9.17, 15) is 5.11 Å². The van der Waals surface area contributed by atoms with Crippen molar-refractivity contribution in [1.82, 2.24) is 0 Å². The number of rotatable bonds is 4. The van der Waals surface area contributed by atoms with Crippen LogP contribution < -0.4 is 10.4 Å². The van der Waals surface area contributed by atoms with Gasteiger partial charge in [-0.05, 0) is 28.3 Å². The summed E-state index contributed by atoms with van der Waals surface area (Å²) in [5.74, 6) is 0. The van der Waals surface area contributed by atoms with E-state index in [1.54, 1.807) is 0 Å². The highest BCUT2D eigenvalue weighted by Crippen LogP contribution is 2.40. The van der Waals surface area contributed by atoms with Crippen LogP contribution in [0.1, 0.15) is 33.6 Å². The van der Waals surface area contributed by atoms with E-state index < -0.39 is 8.32 Å². The van der Waals surface area contributed by atoms with Gasteiger partial charge >= 0.3 is 0 Å². The van der Waals surface area contributed by atoms with E-state index in [0.29, 0.717) is 0 Å². The van der Waals surface area contributed by atoms with Gasteiger partial charge in [0.2, 0.25) is 0 Å². The molecule has 0 aromatic heterocycles. The van der Waals surface area contributed by atoms with E-state index in [1.165, 1.54) is 10.4 Å². The van der Waals surface area contributed by atoms with Gasteiger partial charge in [-0.25, -0.2) is 0 Å². The molecule has 0 radical (unpaired) electrons. The third-order valence-electron chi connectivity index (χ3n) is 4.83. The number of hydrogen-bond acceptors (Lipinski definition) is 2. The van der Waals surface area contributed by atoms with Crippen molar-refractivity contribution >= 4 is 18.7 Å². The SMILES string of the molecule is CC(C)(C)[Si](OC1CC(O)C1)(c1ccccc1)c1ccccc1. The summed E-state index contributed by atoms with van der Waals surface area (Å²) in [6.07, 6.45) is 1.48. The minimum absolute atomic E-state index is 0.0102. The molecule has 2 nitrogen and oxygen atoms in total. The number of aliphatic hydroxyl groups is 1. The van der Waals surface area contributed by atoms with Crippen molar-refractivity contribution in [1.29, 1.82) is 0 Å². The van der Waals surface area contributed by atoms with Crippen LogP contribution in [0.2, 0.25) is 5.04 Å². The molecule has 122 valence electrons. The maximum Gasteiger partial charge on any atom is 0.261 e. The first-order chi connectivity index (χ1) is 10.9. The zero-order valence-corrected chi connectivity index (χ0v) is 15.2. The third-order valence-corrected chi connectivity index (χ3v) is 9.92. The highest BCUT2D eigenvalue weighted by atomic mass is 28.4. The van der Waals surface area contributed by atoms with Gasteiger partial charge in [0.25, 0.3) is 8.32 Å². The van der Waals surface area contributed by atoms with Crippen molar-refractivity contribution in [3.8, 4) is 0 Å². The van der Waals surface area contributed by atoms with Crippen LogP contribution >= 0.6 is 0 Å². The molecule has 0 aliphatic heterocycles. The van der Waals surface area contributed by atoms with Crippen LogP contribution in [-0.4, -0.2) is 25.6 Å². The third kappa shape index (κ3) is 3.01. The number of benzene rings is 2. The Morgan fingerprint density at radius 1 is 0.870 bits per heavy atom. The van der Waals surface area contributed by atoms with Crippen molar-refractivity contribution in [2.75, 3.05) is 0 Å². The molecule has 0 atom stereocenters. The first kappa shape index (κ1) is 16.4. The molecule has 2 aromatic carbocycles. The van der Waals surface area contributed by atoms with E-state index >= 15 is 0 Å². The monoisotopic (exact) mass is 326 g/mol. The summed E-state index contributed by atoms with van der Waals surface area (Å²) in [6.45, 7) is 6.86. The molecule has 0 amide bonds. The first-order valence-electron chi connectivity index (χ1n) is 8.40. The number of hydrogen-bond donors (Lipinski definition) is 1. The standard InChI is InChI=1S/C20H26O2Si/c1-20(2,3)23(18-10-6-4-7-11-18,19-12-8-5-9-13-19)22-17-14-16(21)15-17/h4-13,16-17,21H,14-15H2,1-3H3. The van der Waals surface area contributed by atoms with Crippen LogP contribution in [0, 0.1) is 0 Å². The highest BCUT2D eigenvalue weighted by Gasteiger charge is 2.52. The summed E-state index contributed by atoms with van der Waals surface area (Å²) in [7, 11) is -2.42. The lowest BCUT2D eigenvalue weighted by Gasteiger charge is -2.47. The van der Waals surface area contributed by atoms with E-state index in [0.717, 1.165) is 12.8 Å². The smallest absolute Gasteiger partial charge is 0.261 e. The fraction of sp³-hybridized carbons (Fsp3) is 0.400. The molecule has 1 N–H and O–H groups in total. The van der Waals surface area contributed by atoms with Crippen LogP contribution in [0.3, 0.4) is 0 Å². The Morgan fingerprint density at radius 2 is 1.30 bits per heavy atom. The van der Waals surface area contributed by atoms with Crippen LogP contribution in [0.4, 0.5) is 0 Å². The molecule has 3 heteroatoms. The quantitative estimate of drug-likeness (QED) is 0.875. The van der Waals surface area contributed by atoms with Crippen molar-refractivity contribution in [3.05, 3.63) is 60.7 Å². The lowest BCUT2D eigenvalue weighted by molar-refractivity contribution is -0.0159. The topological polar surface area (TPSA) is 29.5 Å². The molecule has 0 unspecified atom stereocenters. The lowest BCUT2D eigenvalue weighted by Crippen LogP contribution is -2.68. The summed E-state index contributed by atoms with van der Waals surface area (Å²) in [6, 6.07) is 21.4. The first-order valence-corrected chi connectivity index (χ1v) is 10.3. The molecule has 1 saturated carbocycles. The zero-order chi connectivity index (χ0) is 16.5. The van der Waals surface area contributed by atoms with E-state index in [1.807, 2.05) is 0 Å². The molecule has 1 aliphatic rings. The molecule has 0 heterocycles. The summed E-state index contributed by atoms with van der Waals surface area (Å²) < 4.78 is 6.86. The van der Waals surface area contributed by atoms with Crippen LogP contribution in [0.15, 0.2) is 60.7 Å². The predicted molar refractivity (Wildman–Crippen MR) is 97.7 cm³/mol. The normalized spacial score (nSPS) is 21.7. The Labute approximate surface area is 140 Å². The average molecular weight is 327 g/mol. The fourth-order valence-electron chi connectivity index (χ4n) is 3.58. The van der Waals surface area contributed by atoms with Gasteiger partial charge in [0.15, 0.2) is 0 Å². The molecular weight excluding hydrogens is 300 g/mol. The van der Waals surface area contributed by atoms with Gasteiger partial charge in [-0.15, -0.1) is 0 Å². The Balaban J connectivity index is 2.13. The Morgan fingerprint density at radius 3 is 1.65 bits per heavy atom. The van der Waals surface area contributed by atoms with Gasteiger partial charge in [-0.1, -0.05) is 81.4 Å². The molecule has 23 heavy (non-hydrogen) atoms. The van der Waals surface area contributed by atoms with Crippen LogP contribution in [-0.2, 0) is 4.43 Å². The molecular formula is C20H26O2Si. The summed E-state index contributed by atoms with van der Waals surface area (Å²) >= 11 is 0. The minimum atomic E-state index is -2.42. The summed E-state index contributed by atoms with van der Waals surface area (Å²) in [5.41, 5.74) is 0. The largest absolute Gasteiger partial charge is 0.404 e. The van der Waals surface area contributed by atoms with Gasteiger partial charge < -0.3 is 9.53 Å². The van der Waals surface area contributed by atoms with E-state index in [-0.39, 0.29) is 17.2 Å². The van der Waals surface area contributed by atoms with E-state index in [4.69, 9.17) is 4.43 Å². The molecule has 0 bridgehead atoms. The lowest BCUT2D eigenvalue weighted by atomic mass is 9.93. The maximum absolute atomic E-state index is 9.69. The van der Waals surface area contributed by atoms with Crippen molar-refractivity contribution in [3.63, 3.8) is 0 Å². The Bertz CT molecular complexity index is 588. The Kier molecular flexibility index (Phi) is 4.45. The van der Waals surface area contributed by atoms with Gasteiger partial charge in [-0.3, -0.25) is 0 Å². The van der Waals surface area contributed by atoms with E-state index in [2.05, 4.69) is 81.4 Å². The van der Waals surface area contributed by atoms with Crippen molar-refractivity contribution in [2.24, 2.45) is 0 Å². The maximum atomic E-state index is 9.69. The highest BCUT2D eigenvalue weighted by molar-refractivity contribution is 6.99. The summed E-state index contributed by atoms with van der Waals surface area (Å²) in [4.78, 5) is 0. The second kappa shape index (κ2) is 6.23. The second-order valence-electron chi connectivity index (χ2n) is 7.53. The predicted octanol–water partition coefficient (Wildman–Crippen LogP) is 3.09. The van der Waals surface area contributed by atoms with Crippen molar-refractivity contribution < 1.29 is 9.53 Å². The summed E-state index contributed by atoms with van der Waals surface area (Å²) in [5, 5.41) is 12.3. The van der Waals surface area contributed by atoms with Crippen LogP contribution in [0.5, 0.6) is 0 Å². The molecule has 0 saturated heterocycles. The molecule has 0 spiro atoms. The van der Waals surface area contributed by atoms with Gasteiger partial charge in [0.05, 0.1) is 12.2 Å². The molecule has 1 aliphatic carbocycles. The second-order valence-corrected chi connectivity index (χ2v) is 11.8. The van der Waals surface area contributed by atoms with Gasteiger partial charge in [0, 0.05) is 0 Å². The molecule has 1 fully saturated rings. The van der Waals surface area contributed by atoms with Crippen molar-refractivity contribution in [2.45, 2.75) is 50.9 Å². The van der Waals surface area contributed by atoms with Gasteiger partial charge in [0.1, 0.15) is 0 Å². The molecule has 2 aromatic rings. The Hall–Kier alpha value is -1.42. The minimum Gasteiger partial charge on any atom is -0.404 e. The van der Waals surface area contributed by atoms with Gasteiger partial charge in [-0.2, -0.15) is 0 Å². The molecule has 3 rings (SSSR count). The number of aliphatic hydroxyl groups excluding tert-OH is 1. The van der Waals surface area contributed by atoms with Crippen LogP contribution in [0.25, 0.3) is 0 Å². The average Bonchev–Trinajstić information content (AvgIpc) is 2.51. The zero-order valence-electron chi connectivity index (χ0n) is 14.2. The fourth-order valence-corrected chi connectivity index (χ4v) is 8.28.